The van der Waals surface area contributed by atoms with E-state index in [0.717, 1.165) is 14.6 Å². The fourth-order valence-electron chi connectivity index (χ4n) is 1.63. The lowest BCUT2D eigenvalue weighted by molar-refractivity contribution is -0.122. The molecular formula is C13H12BrNO4S. The predicted molar refractivity (Wildman–Crippen MR) is 80.4 cm³/mol. The van der Waals surface area contributed by atoms with Crippen LogP contribution >= 0.6 is 27.3 Å². The van der Waals surface area contributed by atoms with E-state index < -0.39 is 5.97 Å². The molecule has 1 aromatic carbocycles. The maximum Gasteiger partial charge on any atom is 0.351 e. The van der Waals surface area contributed by atoms with Crippen LogP contribution in [-0.4, -0.2) is 32.6 Å². The molecule has 1 N–H and O–H groups in total. The van der Waals surface area contributed by atoms with Gasteiger partial charge in [0.25, 0.3) is 5.91 Å². The third kappa shape index (κ3) is 2.94. The molecule has 1 aromatic heterocycles. The van der Waals surface area contributed by atoms with E-state index >= 15 is 0 Å². The van der Waals surface area contributed by atoms with Gasteiger partial charge in [0.05, 0.1) is 7.11 Å². The molecule has 0 unspecified atom stereocenters. The average Bonchev–Trinajstić information content (AvgIpc) is 2.81. The SMILES string of the molecule is CNC(=O)COc1c(C(=O)OC)sc2cc(Br)ccc12. The Hall–Kier alpha value is -1.60. The fourth-order valence-corrected chi connectivity index (χ4v) is 3.24. The van der Waals surface area contributed by atoms with Gasteiger partial charge in [0, 0.05) is 21.6 Å². The first-order chi connectivity index (χ1) is 9.56. The van der Waals surface area contributed by atoms with Gasteiger partial charge >= 0.3 is 5.97 Å². The Morgan fingerprint density at radius 1 is 1.40 bits per heavy atom. The van der Waals surface area contributed by atoms with Gasteiger partial charge in [0.1, 0.15) is 0 Å². The van der Waals surface area contributed by atoms with Crippen LogP contribution in [0.4, 0.5) is 0 Å². The van der Waals surface area contributed by atoms with Gasteiger partial charge in [-0.3, -0.25) is 4.79 Å². The summed E-state index contributed by atoms with van der Waals surface area (Å²) in [4.78, 5) is 23.4. The molecule has 0 fully saturated rings. The number of fused-ring (bicyclic) bond motifs is 1. The lowest BCUT2D eigenvalue weighted by Gasteiger charge is -2.06. The minimum Gasteiger partial charge on any atom is -0.481 e. The molecule has 2 aromatic rings. The highest BCUT2D eigenvalue weighted by atomic mass is 79.9. The smallest absolute Gasteiger partial charge is 0.351 e. The number of likely N-dealkylation sites (N-methyl/N-ethyl adjacent to an activating group) is 1. The molecule has 1 heterocycles. The van der Waals surface area contributed by atoms with Crippen molar-refractivity contribution in [2.75, 3.05) is 20.8 Å². The van der Waals surface area contributed by atoms with Crippen LogP contribution in [0.3, 0.4) is 0 Å². The van der Waals surface area contributed by atoms with Crippen LogP contribution < -0.4 is 10.1 Å². The third-order valence-electron chi connectivity index (χ3n) is 2.60. The number of hydrogen-bond acceptors (Lipinski definition) is 5. The van der Waals surface area contributed by atoms with Crippen LogP contribution in [0.1, 0.15) is 9.67 Å². The molecule has 2 rings (SSSR count). The van der Waals surface area contributed by atoms with E-state index in [1.807, 2.05) is 18.2 Å². The van der Waals surface area contributed by atoms with E-state index in [1.54, 1.807) is 0 Å². The van der Waals surface area contributed by atoms with Gasteiger partial charge in [-0.1, -0.05) is 15.9 Å². The summed E-state index contributed by atoms with van der Waals surface area (Å²) >= 11 is 4.65. The van der Waals surface area contributed by atoms with E-state index in [1.165, 1.54) is 25.5 Å². The number of carbonyl (C=O) groups is 2. The van der Waals surface area contributed by atoms with Crippen LogP contribution in [0.15, 0.2) is 22.7 Å². The normalized spacial score (nSPS) is 10.3. The Balaban J connectivity index is 2.47. The number of rotatable bonds is 4. The summed E-state index contributed by atoms with van der Waals surface area (Å²) in [6.07, 6.45) is 0. The van der Waals surface area contributed by atoms with Gasteiger partial charge in [-0.05, 0) is 18.2 Å². The molecule has 0 radical (unpaired) electrons. The van der Waals surface area contributed by atoms with Gasteiger partial charge < -0.3 is 14.8 Å². The van der Waals surface area contributed by atoms with Crippen molar-refractivity contribution in [2.45, 2.75) is 0 Å². The summed E-state index contributed by atoms with van der Waals surface area (Å²) in [6.45, 7) is -0.150. The van der Waals surface area contributed by atoms with Gasteiger partial charge in [-0.25, -0.2) is 4.79 Å². The van der Waals surface area contributed by atoms with Crippen LogP contribution in [-0.2, 0) is 9.53 Å². The lowest BCUT2D eigenvalue weighted by atomic mass is 10.2. The zero-order valence-electron chi connectivity index (χ0n) is 10.9. The van der Waals surface area contributed by atoms with E-state index in [4.69, 9.17) is 9.47 Å². The van der Waals surface area contributed by atoms with Crippen molar-refractivity contribution in [3.8, 4) is 5.75 Å². The molecule has 0 saturated carbocycles. The Labute approximate surface area is 128 Å². The maximum atomic E-state index is 11.8. The standard InChI is InChI=1S/C13H12BrNO4S/c1-15-10(16)6-19-11-8-4-3-7(14)5-9(8)20-12(11)13(17)18-2/h3-5H,6H2,1-2H3,(H,15,16). The van der Waals surface area contributed by atoms with Gasteiger partial charge in [0.15, 0.2) is 17.2 Å². The zero-order chi connectivity index (χ0) is 14.7. The van der Waals surface area contributed by atoms with Gasteiger partial charge in [-0.2, -0.15) is 0 Å². The topological polar surface area (TPSA) is 64.6 Å². The number of carbonyl (C=O) groups excluding carboxylic acids is 2. The maximum absolute atomic E-state index is 11.8. The molecule has 20 heavy (non-hydrogen) atoms. The van der Waals surface area contributed by atoms with Gasteiger partial charge in [-0.15, -0.1) is 11.3 Å². The van der Waals surface area contributed by atoms with Crippen molar-refractivity contribution in [2.24, 2.45) is 0 Å². The minimum absolute atomic E-state index is 0.150. The van der Waals surface area contributed by atoms with E-state index in [0.29, 0.717) is 10.6 Å². The fraction of sp³-hybridized carbons (Fsp3) is 0.231. The van der Waals surface area contributed by atoms with E-state index in [2.05, 4.69) is 21.2 Å². The largest absolute Gasteiger partial charge is 0.481 e. The Bertz CT molecular complexity index is 668. The minimum atomic E-state index is -0.478. The number of amides is 1. The number of hydrogen-bond donors (Lipinski definition) is 1. The number of benzene rings is 1. The van der Waals surface area contributed by atoms with Crippen molar-refractivity contribution in [3.63, 3.8) is 0 Å². The number of methoxy groups -OCH3 is 1. The Morgan fingerprint density at radius 3 is 2.80 bits per heavy atom. The number of ether oxygens (including phenoxy) is 2. The summed E-state index contributed by atoms with van der Waals surface area (Å²) in [7, 11) is 2.83. The second-order valence-electron chi connectivity index (χ2n) is 3.85. The summed E-state index contributed by atoms with van der Waals surface area (Å²) in [5.74, 6) is -0.362. The summed E-state index contributed by atoms with van der Waals surface area (Å²) in [6, 6.07) is 5.57. The highest BCUT2D eigenvalue weighted by Crippen LogP contribution is 2.39. The molecule has 0 aliphatic heterocycles. The molecule has 0 atom stereocenters. The molecule has 106 valence electrons. The monoisotopic (exact) mass is 357 g/mol. The van der Waals surface area contributed by atoms with Crippen molar-refractivity contribution in [1.82, 2.24) is 5.32 Å². The first-order valence-corrected chi connectivity index (χ1v) is 7.31. The molecular weight excluding hydrogens is 346 g/mol. The van der Waals surface area contributed by atoms with Crippen molar-refractivity contribution in [3.05, 3.63) is 27.5 Å². The van der Waals surface area contributed by atoms with Crippen molar-refractivity contribution < 1.29 is 19.1 Å². The number of esters is 1. The lowest BCUT2D eigenvalue weighted by Crippen LogP contribution is -2.25. The Kier molecular flexibility index (Phi) is 4.61. The summed E-state index contributed by atoms with van der Waals surface area (Å²) in [5, 5.41) is 3.24. The van der Waals surface area contributed by atoms with Gasteiger partial charge in [0.2, 0.25) is 0 Å². The first kappa shape index (κ1) is 14.8. The quantitative estimate of drug-likeness (QED) is 0.854. The third-order valence-corrected chi connectivity index (χ3v) is 4.21. The van der Waals surface area contributed by atoms with E-state index in [9.17, 15) is 9.59 Å². The molecule has 5 nitrogen and oxygen atoms in total. The summed E-state index contributed by atoms with van der Waals surface area (Å²) in [5.41, 5.74) is 0. The number of nitrogens with one attached hydrogen (secondary N) is 1. The second kappa shape index (κ2) is 6.23. The predicted octanol–water partition coefficient (Wildman–Crippen LogP) is 2.58. The van der Waals surface area contributed by atoms with Crippen LogP contribution in [0.5, 0.6) is 5.75 Å². The number of thiophene rings is 1. The van der Waals surface area contributed by atoms with Crippen molar-refractivity contribution >= 4 is 49.2 Å². The van der Waals surface area contributed by atoms with Crippen LogP contribution in [0.2, 0.25) is 0 Å². The molecule has 7 heteroatoms. The molecule has 0 saturated heterocycles. The first-order valence-electron chi connectivity index (χ1n) is 5.70. The molecule has 0 aliphatic rings. The summed E-state index contributed by atoms with van der Waals surface area (Å²) < 4.78 is 12.0. The van der Waals surface area contributed by atoms with Crippen LogP contribution in [0.25, 0.3) is 10.1 Å². The molecule has 1 amide bonds. The average molecular weight is 358 g/mol. The molecule has 0 aliphatic carbocycles. The highest BCUT2D eigenvalue weighted by molar-refractivity contribution is 9.10. The zero-order valence-corrected chi connectivity index (χ0v) is 13.3. The van der Waals surface area contributed by atoms with E-state index in [-0.39, 0.29) is 12.5 Å². The molecule has 0 bridgehead atoms. The number of halogens is 1. The second-order valence-corrected chi connectivity index (χ2v) is 5.82. The van der Waals surface area contributed by atoms with Crippen LogP contribution in [0, 0.1) is 0 Å². The van der Waals surface area contributed by atoms with Crippen molar-refractivity contribution in [1.29, 1.82) is 0 Å². The highest BCUT2D eigenvalue weighted by Gasteiger charge is 2.21. The Morgan fingerprint density at radius 2 is 2.15 bits per heavy atom. The molecule has 0 spiro atoms.